The maximum Gasteiger partial charge on any atom is 0.250 e. The van der Waals surface area contributed by atoms with Crippen molar-refractivity contribution in [2.75, 3.05) is 54.6 Å². The fourth-order valence-corrected chi connectivity index (χ4v) is 4.47. The number of nitrogens with one attached hydrogen (secondary N) is 1. The van der Waals surface area contributed by atoms with Gasteiger partial charge in [0, 0.05) is 36.2 Å². The first kappa shape index (κ1) is 20.3. The Balaban J connectivity index is 1.57. The first-order valence-corrected chi connectivity index (χ1v) is 11.0. The number of benzene rings is 1. The van der Waals surface area contributed by atoms with Crippen LogP contribution in [0, 0.1) is 0 Å². The topological polar surface area (TPSA) is 99.0 Å². The van der Waals surface area contributed by atoms with Crippen molar-refractivity contribution in [3.05, 3.63) is 26.6 Å². The summed E-state index contributed by atoms with van der Waals surface area (Å²) in [6.45, 7) is 4.67. The molecule has 4 rings (SSSR count). The Kier molecular flexibility index (Phi) is 6.46. The number of morpholine rings is 1. The summed E-state index contributed by atoms with van der Waals surface area (Å²) >= 11 is 6.73. The fourth-order valence-electron chi connectivity index (χ4n) is 3.21. The molecule has 154 valence electrons. The third-order valence-electron chi connectivity index (χ3n) is 4.72. The van der Waals surface area contributed by atoms with Crippen LogP contribution >= 0.6 is 31.9 Å². The average molecular weight is 527 g/mol. The van der Waals surface area contributed by atoms with Crippen LogP contribution in [0.5, 0.6) is 5.75 Å². The second kappa shape index (κ2) is 9.23. The van der Waals surface area contributed by atoms with E-state index in [0.29, 0.717) is 41.1 Å². The predicted octanol–water partition coefficient (Wildman–Crippen LogP) is 2.99. The van der Waals surface area contributed by atoms with E-state index in [0.717, 1.165) is 43.5 Å². The molecule has 2 aliphatic rings. The molecule has 0 atom stereocenters. The molecule has 0 unspecified atom stereocenters. The zero-order valence-electron chi connectivity index (χ0n) is 15.7. The zero-order chi connectivity index (χ0) is 20.2. The summed E-state index contributed by atoms with van der Waals surface area (Å²) in [4.78, 5) is 18.0. The molecule has 0 bridgehead atoms. The van der Waals surface area contributed by atoms with E-state index in [1.807, 2.05) is 0 Å². The van der Waals surface area contributed by atoms with Gasteiger partial charge in [-0.25, -0.2) is 5.43 Å². The first-order valence-electron chi connectivity index (χ1n) is 9.41. The quantitative estimate of drug-likeness (QED) is 0.453. The summed E-state index contributed by atoms with van der Waals surface area (Å²) < 4.78 is 6.84. The van der Waals surface area contributed by atoms with Crippen molar-refractivity contribution in [1.82, 2.24) is 15.0 Å². The minimum Gasteiger partial charge on any atom is -0.506 e. The highest BCUT2D eigenvalue weighted by atomic mass is 79.9. The smallest absolute Gasteiger partial charge is 0.250 e. The van der Waals surface area contributed by atoms with Gasteiger partial charge in [0.2, 0.25) is 17.8 Å². The standard InChI is InChI=1S/C18H21Br2N7O2/c19-13-9-12(15(28)14(20)10-13)11-21-25-16-22-17(26-3-1-2-4-26)24-18(23-16)27-5-7-29-8-6-27/h9-11,28H,1-8H2,(H,22,23,24,25)/b21-11+. The lowest BCUT2D eigenvalue weighted by molar-refractivity contribution is 0.122. The molecule has 2 aromatic rings. The van der Waals surface area contributed by atoms with Crippen molar-refractivity contribution < 1.29 is 9.84 Å². The molecule has 9 nitrogen and oxygen atoms in total. The maximum absolute atomic E-state index is 10.2. The van der Waals surface area contributed by atoms with Crippen molar-refractivity contribution >= 4 is 55.9 Å². The Hall–Kier alpha value is -1.98. The van der Waals surface area contributed by atoms with Crippen molar-refractivity contribution in [1.29, 1.82) is 0 Å². The van der Waals surface area contributed by atoms with Crippen LogP contribution in [0.4, 0.5) is 17.8 Å². The monoisotopic (exact) mass is 525 g/mol. The second-order valence-corrected chi connectivity index (χ2v) is 8.52. The summed E-state index contributed by atoms with van der Waals surface area (Å²) in [5.74, 6) is 1.76. The highest BCUT2D eigenvalue weighted by Gasteiger charge is 2.21. The number of hydrogen-bond donors (Lipinski definition) is 2. The van der Waals surface area contributed by atoms with Crippen LogP contribution in [-0.4, -0.2) is 65.7 Å². The van der Waals surface area contributed by atoms with E-state index in [1.165, 1.54) is 6.21 Å². The Morgan fingerprint density at radius 3 is 2.34 bits per heavy atom. The van der Waals surface area contributed by atoms with Gasteiger partial charge in [-0.15, -0.1) is 0 Å². The normalized spacial score (nSPS) is 17.3. The highest BCUT2D eigenvalue weighted by Crippen LogP contribution is 2.30. The third kappa shape index (κ3) is 4.96. The molecule has 2 fully saturated rings. The van der Waals surface area contributed by atoms with Gasteiger partial charge in [-0.1, -0.05) is 15.9 Å². The van der Waals surface area contributed by atoms with Gasteiger partial charge in [0.15, 0.2) is 0 Å². The van der Waals surface area contributed by atoms with E-state index in [2.05, 4.69) is 67.1 Å². The van der Waals surface area contributed by atoms with Gasteiger partial charge < -0.3 is 19.6 Å². The highest BCUT2D eigenvalue weighted by molar-refractivity contribution is 9.11. The number of aromatic hydroxyl groups is 1. The molecule has 0 saturated carbocycles. The van der Waals surface area contributed by atoms with Gasteiger partial charge >= 0.3 is 0 Å². The van der Waals surface area contributed by atoms with Crippen LogP contribution < -0.4 is 15.2 Å². The van der Waals surface area contributed by atoms with Gasteiger partial charge in [0.25, 0.3) is 0 Å². The summed E-state index contributed by atoms with van der Waals surface area (Å²) in [5, 5.41) is 14.4. The minimum absolute atomic E-state index is 0.112. The molecule has 2 N–H and O–H groups in total. The van der Waals surface area contributed by atoms with Crippen molar-refractivity contribution in [3.63, 3.8) is 0 Å². The Morgan fingerprint density at radius 2 is 1.66 bits per heavy atom. The van der Waals surface area contributed by atoms with E-state index in [-0.39, 0.29) is 5.75 Å². The first-order chi connectivity index (χ1) is 14.1. The van der Waals surface area contributed by atoms with Gasteiger partial charge in [-0.05, 0) is 40.9 Å². The van der Waals surface area contributed by atoms with Crippen molar-refractivity contribution in [2.45, 2.75) is 12.8 Å². The number of hydrazone groups is 1. The number of anilines is 3. The molecule has 0 amide bonds. The lowest BCUT2D eigenvalue weighted by Crippen LogP contribution is -2.38. The van der Waals surface area contributed by atoms with E-state index < -0.39 is 0 Å². The molecule has 11 heteroatoms. The molecular formula is C18H21Br2N7O2. The van der Waals surface area contributed by atoms with Crippen LogP contribution in [0.3, 0.4) is 0 Å². The Morgan fingerprint density at radius 1 is 1.00 bits per heavy atom. The molecular weight excluding hydrogens is 506 g/mol. The summed E-state index contributed by atoms with van der Waals surface area (Å²) in [5.41, 5.74) is 3.44. The maximum atomic E-state index is 10.2. The summed E-state index contributed by atoms with van der Waals surface area (Å²) in [6, 6.07) is 3.54. The van der Waals surface area contributed by atoms with Crippen LogP contribution in [0.1, 0.15) is 18.4 Å². The molecule has 2 aliphatic heterocycles. The van der Waals surface area contributed by atoms with Crippen LogP contribution in [0.2, 0.25) is 0 Å². The Labute approximate surface area is 185 Å². The Bertz CT molecular complexity index is 900. The van der Waals surface area contributed by atoms with Gasteiger partial charge in [-0.3, -0.25) is 0 Å². The molecule has 2 saturated heterocycles. The minimum atomic E-state index is 0.112. The predicted molar refractivity (Wildman–Crippen MR) is 119 cm³/mol. The summed E-state index contributed by atoms with van der Waals surface area (Å²) in [7, 11) is 0. The molecule has 3 heterocycles. The van der Waals surface area contributed by atoms with E-state index in [4.69, 9.17) is 4.74 Å². The number of halogens is 2. The molecule has 1 aromatic heterocycles. The number of hydrogen-bond acceptors (Lipinski definition) is 9. The number of aromatic nitrogens is 3. The van der Waals surface area contributed by atoms with Gasteiger partial charge in [0.1, 0.15) is 5.75 Å². The fraction of sp³-hybridized carbons (Fsp3) is 0.444. The molecule has 0 radical (unpaired) electrons. The number of nitrogens with zero attached hydrogens (tertiary/aromatic N) is 6. The van der Waals surface area contributed by atoms with Gasteiger partial charge in [-0.2, -0.15) is 20.1 Å². The number of rotatable bonds is 5. The molecule has 0 aliphatic carbocycles. The molecule has 29 heavy (non-hydrogen) atoms. The second-order valence-electron chi connectivity index (χ2n) is 6.75. The van der Waals surface area contributed by atoms with Gasteiger partial charge in [0.05, 0.1) is 23.9 Å². The zero-order valence-corrected chi connectivity index (χ0v) is 18.9. The molecule has 0 spiro atoms. The van der Waals surface area contributed by atoms with E-state index in [9.17, 15) is 5.11 Å². The number of phenolic OH excluding ortho intramolecular Hbond substituents is 1. The molecule has 1 aromatic carbocycles. The summed E-state index contributed by atoms with van der Waals surface area (Å²) in [6.07, 6.45) is 3.80. The van der Waals surface area contributed by atoms with Crippen LogP contribution in [0.25, 0.3) is 0 Å². The van der Waals surface area contributed by atoms with Crippen LogP contribution in [0.15, 0.2) is 26.2 Å². The van der Waals surface area contributed by atoms with E-state index >= 15 is 0 Å². The number of phenols is 1. The lowest BCUT2D eigenvalue weighted by Gasteiger charge is -2.27. The SMILES string of the molecule is Oc1c(Br)cc(Br)cc1/C=N/Nc1nc(N2CCCC2)nc(N2CCOCC2)n1. The van der Waals surface area contributed by atoms with Crippen molar-refractivity contribution in [2.24, 2.45) is 5.10 Å². The van der Waals surface area contributed by atoms with Crippen LogP contribution in [-0.2, 0) is 4.74 Å². The van der Waals surface area contributed by atoms with E-state index in [1.54, 1.807) is 12.1 Å². The van der Waals surface area contributed by atoms with Crippen molar-refractivity contribution in [3.8, 4) is 5.75 Å². The number of ether oxygens (including phenoxy) is 1. The third-order valence-corrected chi connectivity index (χ3v) is 5.78. The average Bonchev–Trinajstić information content (AvgIpc) is 3.27. The lowest BCUT2D eigenvalue weighted by atomic mass is 10.2. The largest absolute Gasteiger partial charge is 0.506 e.